The van der Waals surface area contributed by atoms with E-state index in [-0.39, 0.29) is 18.3 Å². The molecule has 0 N–H and O–H groups in total. The number of fused-ring (bicyclic) bond motifs is 1. The van der Waals surface area contributed by atoms with Crippen molar-refractivity contribution in [2.24, 2.45) is 0 Å². The van der Waals surface area contributed by atoms with Gasteiger partial charge < -0.3 is 14.2 Å². The first-order chi connectivity index (χ1) is 13.2. The van der Waals surface area contributed by atoms with E-state index in [4.69, 9.17) is 19.2 Å². The maximum absolute atomic E-state index is 12.8. The molecule has 1 amide bonds. The molecule has 0 atom stereocenters. The van der Waals surface area contributed by atoms with Crippen LogP contribution >= 0.6 is 23.7 Å². The summed E-state index contributed by atoms with van der Waals surface area (Å²) in [5.74, 6) is 1.53. The molecule has 2 aromatic rings. The van der Waals surface area contributed by atoms with Crippen LogP contribution in [0.15, 0.2) is 12.1 Å². The first kappa shape index (κ1) is 22.7. The number of nitrogens with zero attached hydrogens (tertiary/aromatic N) is 3. The molecule has 1 saturated heterocycles. The van der Waals surface area contributed by atoms with Gasteiger partial charge in [0.15, 0.2) is 5.13 Å². The molecule has 7 nitrogen and oxygen atoms in total. The van der Waals surface area contributed by atoms with Crippen LogP contribution in [0.3, 0.4) is 0 Å². The number of methoxy groups -OCH3 is 2. The highest BCUT2D eigenvalue weighted by Gasteiger charge is 2.23. The highest BCUT2D eigenvalue weighted by atomic mass is 35.5. The van der Waals surface area contributed by atoms with Crippen LogP contribution in [0, 0.1) is 0 Å². The summed E-state index contributed by atoms with van der Waals surface area (Å²) in [7, 11) is 3.26. The van der Waals surface area contributed by atoms with Gasteiger partial charge in [-0.1, -0.05) is 18.3 Å². The SMILES string of the molecule is CCCC(=O)N(CCN1CCOCC1)c1nc2c(OC)ccc(OC)c2s1.Cl. The van der Waals surface area contributed by atoms with Gasteiger partial charge in [-0.25, -0.2) is 4.98 Å². The Labute approximate surface area is 176 Å². The molecule has 1 fully saturated rings. The largest absolute Gasteiger partial charge is 0.495 e. The number of ether oxygens (including phenoxy) is 3. The van der Waals surface area contributed by atoms with Gasteiger partial charge in [-0.3, -0.25) is 14.6 Å². The molecule has 0 bridgehead atoms. The Hall–Kier alpha value is -1.61. The van der Waals surface area contributed by atoms with E-state index in [1.807, 2.05) is 24.0 Å². The second kappa shape index (κ2) is 10.8. The second-order valence-electron chi connectivity index (χ2n) is 6.39. The second-order valence-corrected chi connectivity index (χ2v) is 7.37. The number of amides is 1. The van der Waals surface area contributed by atoms with E-state index in [0.29, 0.717) is 23.8 Å². The third-order valence-corrected chi connectivity index (χ3v) is 5.73. The topological polar surface area (TPSA) is 64.1 Å². The number of carbonyl (C=O) groups excluding carboxylic acids is 1. The number of rotatable bonds is 8. The van der Waals surface area contributed by atoms with Crippen molar-refractivity contribution >= 4 is 45.0 Å². The quantitative estimate of drug-likeness (QED) is 0.642. The van der Waals surface area contributed by atoms with Gasteiger partial charge >= 0.3 is 0 Å². The number of halogens is 1. The van der Waals surface area contributed by atoms with E-state index in [0.717, 1.165) is 55.2 Å². The molecule has 0 aliphatic carbocycles. The zero-order valence-corrected chi connectivity index (χ0v) is 18.2. The van der Waals surface area contributed by atoms with Gasteiger partial charge in [0.1, 0.15) is 21.7 Å². The minimum absolute atomic E-state index is 0. The molecule has 2 heterocycles. The van der Waals surface area contributed by atoms with Gasteiger partial charge in [0.25, 0.3) is 0 Å². The molecule has 1 aromatic carbocycles. The van der Waals surface area contributed by atoms with Crippen molar-refractivity contribution < 1.29 is 19.0 Å². The molecule has 156 valence electrons. The Morgan fingerprint density at radius 1 is 1.25 bits per heavy atom. The Morgan fingerprint density at radius 2 is 1.93 bits per heavy atom. The Kier molecular flexibility index (Phi) is 8.75. The zero-order valence-electron chi connectivity index (χ0n) is 16.6. The van der Waals surface area contributed by atoms with Crippen LogP contribution in [0.5, 0.6) is 11.5 Å². The lowest BCUT2D eigenvalue weighted by Gasteiger charge is -2.29. The molecular weight excluding hydrogens is 402 g/mol. The number of morpholine rings is 1. The van der Waals surface area contributed by atoms with Crippen molar-refractivity contribution in [3.05, 3.63) is 12.1 Å². The van der Waals surface area contributed by atoms with Gasteiger partial charge in [-0.05, 0) is 18.6 Å². The molecule has 0 saturated carbocycles. The van der Waals surface area contributed by atoms with Gasteiger partial charge in [-0.2, -0.15) is 0 Å². The predicted octanol–water partition coefficient (Wildman–Crippen LogP) is 3.20. The minimum atomic E-state index is 0. The standard InChI is InChI=1S/C19H27N3O4S.ClH/c1-4-5-16(23)22(9-8-21-10-12-26-13-11-21)19-20-17-14(24-2)6-7-15(25-3)18(17)27-19;/h6-7H,4-5,8-13H2,1-3H3;1H. The normalized spacial score (nSPS) is 14.5. The first-order valence-corrected chi connectivity index (χ1v) is 10.1. The van der Waals surface area contributed by atoms with E-state index in [2.05, 4.69) is 4.90 Å². The lowest BCUT2D eigenvalue weighted by Crippen LogP contribution is -2.43. The smallest absolute Gasteiger partial charge is 0.228 e. The minimum Gasteiger partial charge on any atom is -0.495 e. The molecule has 0 unspecified atom stereocenters. The number of benzene rings is 1. The third kappa shape index (κ3) is 5.05. The van der Waals surface area contributed by atoms with Crippen LogP contribution < -0.4 is 14.4 Å². The summed E-state index contributed by atoms with van der Waals surface area (Å²) in [5, 5.41) is 0.694. The molecular formula is C19H28ClN3O4S. The van der Waals surface area contributed by atoms with Gasteiger partial charge in [0.2, 0.25) is 5.91 Å². The number of anilines is 1. The first-order valence-electron chi connectivity index (χ1n) is 9.30. The van der Waals surface area contributed by atoms with E-state index in [1.165, 1.54) is 11.3 Å². The zero-order chi connectivity index (χ0) is 19.2. The number of hydrogen-bond acceptors (Lipinski definition) is 7. The van der Waals surface area contributed by atoms with E-state index >= 15 is 0 Å². The Morgan fingerprint density at radius 3 is 2.57 bits per heavy atom. The Balaban J connectivity index is 0.00000280. The van der Waals surface area contributed by atoms with E-state index in [9.17, 15) is 4.79 Å². The molecule has 1 aliphatic rings. The highest BCUT2D eigenvalue weighted by molar-refractivity contribution is 7.22. The summed E-state index contributed by atoms with van der Waals surface area (Å²) in [4.78, 5) is 21.7. The van der Waals surface area contributed by atoms with Crippen molar-refractivity contribution in [1.82, 2.24) is 9.88 Å². The number of aromatic nitrogens is 1. The van der Waals surface area contributed by atoms with Gasteiger partial charge in [0, 0.05) is 32.6 Å². The monoisotopic (exact) mass is 429 g/mol. The number of thiazole rings is 1. The fourth-order valence-electron chi connectivity index (χ4n) is 3.13. The molecule has 1 aliphatic heterocycles. The molecule has 1 aromatic heterocycles. The Bertz CT molecular complexity index is 739. The summed E-state index contributed by atoms with van der Waals surface area (Å²) < 4.78 is 17.2. The predicted molar refractivity (Wildman–Crippen MR) is 114 cm³/mol. The maximum Gasteiger partial charge on any atom is 0.228 e. The molecule has 28 heavy (non-hydrogen) atoms. The lowest BCUT2D eigenvalue weighted by atomic mass is 10.3. The van der Waals surface area contributed by atoms with Gasteiger partial charge in [-0.15, -0.1) is 12.4 Å². The maximum atomic E-state index is 12.8. The number of carbonyl (C=O) groups is 1. The summed E-state index contributed by atoms with van der Waals surface area (Å²) in [6, 6.07) is 3.71. The average molecular weight is 430 g/mol. The summed E-state index contributed by atoms with van der Waals surface area (Å²) >= 11 is 1.47. The van der Waals surface area contributed by atoms with Crippen LogP contribution in [0.4, 0.5) is 5.13 Å². The van der Waals surface area contributed by atoms with Crippen LogP contribution in [0.1, 0.15) is 19.8 Å². The molecule has 0 spiro atoms. The summed E-state index contributed by atoms with van der Waals surface area (Å²) in [6.07, 6.45) is 1.32. The van der Waals surface area contributed by atoms with Gasteiger partial charge in [0.05, 0.1) is 27.4 Å². The van der Waals surface area contributed by atoms with E-state index < -0.39 is 0 Å². The summed E-state index contributed by atoms with van der Waals surface area (Å²) in [6.45, 7) is 6.74. The summed E-state index contributed by atoms with van der Waals surface area (Å²) in [5.41, 5.74) is 0.734. The van der Waals surface area contributed by atoms with E-state index in [1.54, 1.807) is 14.2 Å². The molecule has 0 radical (unpaired) electrons. The van der Waals surface area contributed by atoms with Crippen molar-refractivity contribution in [3.8, 4) is 11.5 Å². The van der Waals surface area contributed by atoms with Crippen molar-refractivity contribution in [3.63, 3.8) is 0 Å². The fourth-order valence-corrected chi connectivity index (χ4v) is 4.25. The third-order valence-electron chi connectivity index (χ3n) is 4.64. The lowest BCUT2D eigenvalue weighted by molar-refractivity contribution is -0.118. The van der Waals surface area contributed by atoms with Crippen LogP contribution in [-0.4, -0.2) is 69.4 Å². The van der Waals surface area contributed by atoms with Crippen molar-refractivity contribution in [2.75, 3.05) is 58.5 Å². The molecule has 3 rings (SSSR count). The highest BCUT2D eigenvalue weighted by Crippen LogP contribution is 2.40. The molecule has 9 heteroatoms. The van der Waals surface area contributed by atoms with Crippen molar-refractivity contribution in [2.45, 2.75) is 19.8 Å². The number of hydrogen-bond donors (Lipinski definition) is 0. The van der Waals surface area contributed by atoms with Crippen LogP contribution in [0.2, 0.25) is 0 Å². The van der Waals surface area contributed by atoms with Crippen LogP contribution in [0.25, 0.3) is 10.2 Å². The van der Waals surface area contributed by atoms with Crippen molar-refractivity contribution in [1.29, 1.82) is 0 Å². The average Bonchev–Trinajstić information content (AvgIpc) is 3.13. The van der Waals surface area contributed by atoms with Crippen LogP contribution in [-0.2, 0) is 9.53 Å². The fraction of sp³-hybridized carbons (Fsp3) is 0.579.